The molecule has 0 fully saturated rings. The van der Waals surface area contributed by atoms with Crippen molar-refractivity contribution in [2.24, 2.45) is 5.73 Å². The SMILES string of the molecule is Cc1nc(-c2cccc(F)c2)sc1C(=O)N[C@H](CCCNC(N)=O)C(=O)O. The molecule has 2 rings (SSSR count). The van der Waals surface area contributed by atoms with Crippen molar-refractivity contribution in [1.82, 2.24) is 15.6 Å². The predicted octanol–water partition coefficient (Wildman–Crippen LogP) is 1.89. The molecule has 1 atom stereocenters. The summed E-state index contributed by atoms with van der Waals surface area (Å²) in [7, 11) is 0. The standard InChI is InChI=1S/C17H19FN4O4S/c1-9-13(27-15(21-9)10-4-2-5-11(18)8-10)14(23)22-12(16(24)25)6-3-7-20-17(19)26/h2,4-5,8,12H,3,6-7H2,1H3,(H,22,23)(H,24,25)(H3,19,20,26)/t12-/m1/s1. The van der Waals surface area contributed by atoms with Gasteiger partial charge in [-0.15, -0.1) is 11.3 Å². The zero-order chi connectivity index (χ0) is 20.0. The number of hydrogen-bond donors (Lipinski definition) is 4. The van der Waals surface area contributed by atoms with Crippen LogP contribution in [0.3, 0.4) is 0 Å². The number of aryl methyl sites for hydroxylation is 1. The summed E-state index contributed by atoms with van der Waals surface area (Å²) in [5.41, 5.74) is 5.90. The quantitative estimate of drug-likeness (QED) is 0.507. The Morgan fingerprint density at radius 2 is 2.11 bits per heavy atom. The lowest BCUT2D eigenvalue weighted by atomic mass is 10.1. The Morgan fingerprint density at radius 1 is 1.37 bits per heavy atom. The monoisotopic (exact) mass is 394 g/mol. The van der Waals surface area contributed by atoms with Crippen LogP contribution < -0.4 is 16.4 Å². The number of carboxylic acid groups (broad SMARTS) is 1. The highest BCUT2D eigenvalue weighted by Gasteiger charge is 2.23. The number of nitrogens with two attached hydrogens (primary N) is 1. The minimum absolute atomic E-state index is 0.121. The number of nitrogens with one attached hydrogen (secondary N) is 2. The molecule has 5 N–H and O–H groups in total. The first-order valence-electron chi connectivity index (χ1n) is 8.08. The summed E-state index contributed by atoms with van der Waals surface area (Å²) in [6.45, 7) is 1.83. The minimum atomic E-state index is -1.19. The Hall–Kier alpha value is -3.01. The number of hydrogen-bond acceptors (Lipinski definition) is 5. The molecule has 1 aromatic heterocycles. The van der Waals surface area contributed by atoms with Crippen LogP contribution in [0.4, 0.5) is 9.18 Å². The third kappa shape index (κ3) is 5.74. The summed E-state index contributed by atoms with van der Waals surface area (Å²) >= 11 is 1.06. The largest absolute Gasteiger partial charge is 0.480 e. The van der Waals surface area contributed by atoms with Crippen molar-refractivity contribution < 1.29 is 23.9 Å². The number of nitrogens with zero attached hydrogens (tertiary/aromatic N) is 1. The molecular formula is C17H19FN4O4S. The maximum atomic E-state index is 13.4. The van der Waals surface area contributed by atoms with E-state index >= 15 is 0 Å². The summed E-state index contributed by atoms with van der Waals surface area (Å²) in [6, 6.07) is 4.02. The van der Waals surface area contributed by atoms with Gasteiger partial charge >= 0.3 is 12.0 Å². The van der Waals surface area contributed by atoms with Gasteiger partial charge in [-0.25, -0.2) is 19.0 Å². The van der Waals surface area contributed by atoms with Crippen LogP contribution in [-0.2, 0) is 4.79 Å². The second-order valence-corrected chi connectivity index (χ2v) is 6.74. The van der Waals surface area contributed by atoms with Crippen LogP contribution in [0.5, 0.6) is 0 Å². The molecule has 10 heteroatoms. The van der Waals surface area contributed by atoms with Crippen molar-refractivity contribution in [2.45, 2.75) is 25.8 Å². The highest BCUT2D eigenvalue weighted by molar-refractivity contribution is 7.17. The molecule has 8 nitrogen and oxygen atoms in total. The van der Waals surface area contributed by atoms with Crippen LogP contribution in [0.15, 0.2) is 24.3 Å². The Balaban J connectivity index is 2.07. The van der Waals surface area contributed by atoms with Gasteiger partial charge in [0, 0.05) is 12.1 Å². The maximum Gasteiger partial charge on any atom is 0.326 e. The van der Waals surface area contributed by atoms with Gasteiger partial charge in [-0.2, -0.15) is 0 Å². The van der Waals surface area contributed by atoms with E-state index in [1.54, 1.807) is 19.1 Å². The summed E-state index contributed by atoms with van der Waals surface area (Å²) in [5.74, 6) is -2.17. The first kappa shape index (κ1) is 20.3. The van der Waals surface area contributed by atoms with E-state index < -0.39 is 29.8 Å². The molecule has 0 aliphatic heterocycles. The smallest absolute Gasteiger partial charge is 0.326 e. The molecule has 144 valence electrons. The highest BCUT2D eigenvalue weighted by atomic mass is 32.1. The summed E-state index contributed by atoms with van der Waals surface area (Å²) in [5, 5.41) is 14.6. The number of aromatic nitrogens is 1. The van der Waals surface area contributed by atoms with Crippen molar-refractivity contribution in [1.29, 1.82) is 0 Å². The lowest BCUT2D eigenvalue weighted by molar-refractivity contribution is -0.139. The van der Waals surface area contributed by atoms with E-state index in [9.17, 15) is 23.9 Å². The average molecular weight is 394 g/mol. The topological polar surface area (TPSA) is 134 Å². The predicted molar refractivity (Wildman–Crippen MR) is 98.0 cm³/mol. The molecule has 1 aromatic carbocycles. The third-order valence-corrected chi connectivity index (χ3v) is 4.85. The molecule has 0 saturated heterocycles. The fourth-order valence-electron chi connectivity index (χ4n) is 2.35. The van der Waals surface area contributed by atoms with Crippen molar-refractivity contribution in [3.8, 4) is 10.6 Å². The second kappa shape index (κ2) is 9.08. The normalized spacial score (nSPS) is 11.6. The van der Waals surface area contributed by atoms with Gasteiger partial charge in [-0.3, -0.25) is 4.79 Å². The molecule has 0 saturated carbocycles. The van der Waals surface area contributed by atoms with Crippen LogP contribution in [0.1, 0.15) is 28.2 Å². The van der Waals surface area contributed by atoms with Gasteiger partial charge < -0.3 is 21.5 Å². The molecule has 0 spiro atoms. The number of halogens is 1. The van der Waals surface area contributed by atoms with E-state index in [4.69, 9.17) is 5.73 Å². The lowest BCUT2D eigenvalue weighted by Crippen LogP contribution is -2.41. The minimum Gasteiger partial charge on any atom is -0.480 e. The van der Waals surface area contributed by atoms with E-state index in [-0.39, 0.29) is 17.8 Å². The molecular weight excluding hydrogens is 375 g/mol. The van der Waals surface area contributed by atoms with E-state index in [0.29, 0.717) is 22.7 Å². The van der Waals surface area contributed by atoms with Crippen LogP contribution >= 0.6 is 11.3 Å². The number of urea groups is 1. The van der Waals surface area contributed by atoms with Crippen LogP contribution in [0.25, 0.3) is 10.6 Å². The van der Waals surface area contributed by atoms with Gasteiger partial charge in [0.05, 0.1) is 5.69 Å². The highest BCUT2D eigenvalue weighted by Crippen LogP contribution is 2.28. The van der Waals surface area contributed by atoms with Crippen molar-refractivity contribution in [2.75, 3.05) is 6.54 Å². The van der Waals surface area contributed by atoms with E-state index in [2.05, 4.69) is 15.6 Å². The number of benzene rings is 1. The van der Waals surface area contributed by atoms with Gasteiger partial charge in [0.25, 0.3) is 5.91 Å². The number of primary amides is 1. The number of aliphatic carboxylic acids is 1. The first-order valence-corrected chi connectivity index (χ1v) is 8.90. The third-order valence-electron chi connectivity index (χ3n) is 3.65. The summed E-state index contributed by atoms with van der Waals surface area (Å²) in [4.78, 5) is 39.0. The molecule has 3 amide bonds. The van der Waals surface area contributed by atoms with Crippen LogP contribution in [0.2, 0.25) is 0 Å². The fraction of sp³-hybridized carbons (Fsp3) is 0.294. The van der Waals surface area contributed by atoms with Crippen molar-refractivity contribution in [3.05, 3.63) is 40.7 Å². The Kier molecular flexibility index (Phi) is 6.83. The molecule has 0 unspecified atom stereocenters. The zero-order valence-corrected chi connectivity index (χ0v) is 15.3. The lowest BCUT2D eigenvalue weighted by Gasteiger charge is -2.14. The van der Waals surface area contributed by atoms with Crippen LogP contribution in [-0.4, -0.2) is 40.6 Å². The van der Waals surface area contributed by atoms with Crippen molar-refractivity contribution >= 4 is 29.2 Å². The number of carbonyl (C=O) groups excluding carboxylic acids is 2. The maximum absolute atomic E-state index is 13.4. The molecule has 0 radical (unpaired) electrons. The number of carbonyl (C=O) groups is 3. The number of thiazole rings is 1. The molecule has 1 heterocycles. The molecule has 27 heavy (non-hydrogen) atoms. The van der Waals surface area contributed by atoms with E-state index in [1.807, 2.05) is 0 Å². The van der Waals surface area contributed by atoms with Gasteiger partial charge in [-0.1, -0.05) is 12.1 Å². The van der Waals surface area contributed by atoms with Gasteiger partial charge in [-0.05, 0) is 31.9 Å². The molecule has 2 aromatic rings. The Bertz CT molecular complexity index is 855. The van der Waals surface area contributed by atoms with Gasteiger partial charge in [0.1, 0.15) is 21.7 Å². The van der Waals surface area contributed by atoms with Crippen LogP contribution in [0, 0.1) is 12.7 Å². The van der Waals surface area contributed by atoms with E-state index in [0.717, 1.165) is 11.3 Å². The molecule has 0 bridgehead atoms. The molecule has 0 aliphatic rings. The Morgan fingerprint density at radius 3 is 2.74 bits per heavy atom. The number of carboxylic acids is 1. The number of amides is 3. The second-order valence-electron chi connectivity index (χ2n) is 5.74. The first-order chi connectivity index (χ1) is 12.8. The fourth-order valence-corrected chi connectivity index (χ4v) is 3.32. The zero-order valence-electron chi connectivity index (χ0n) is 14.5. The summed E-state index contributed by atoms with van der Waals surface area (Å²) < 4.78 is 13.4. The van der Waals surface area contributed by atoms with Crippen molar-refractivity contribution in [3.63, 3.8) is 0 Å². The van der Waals surface area contributed by atoms with E-state index in [1.165, 1.54) is 12.1 Å². The van der Waals surface area contributed by atoms with Gasteiger partial charge in [0.2, 0.25) is 0 Å². The van der Waals surface area contributed by atoms with Gasteiger partial charge in [0.15, 0.2) is 0 Å². The Labute approximate surface area is 158 Å². The average Bonchev–Trinajstić information content (AvgIpc) is 2.99. The summed E-state index contributed by atoms with van der Waals surface area (Å²) in [6.07, 6.45) is 0.451. The number of rotatable bonds is 8. The molecule has 0 aliphatic carbocycles.